The second-order valence-corrected chi connectivity index (χ2v) is 5.67. The van der Waals surface area contributed by atoms with E-state index >= 15 is 0 Å². The lowest BCUT2D eigenvalue weighted by Gasteiger charge is -2.18. The molecule has 1 aromatic carbocycles. The van der Waals surface area contributed by atoms with Gasteiger partial charge in [0.15, 0.2) is 0 Å². The number of nitrogens with two attached hydrogens (primary N) is 1. The fourth-order valence-electron chi connectivity index (χ4n) is 1.96. The first-order chi connectivity index (χ1) is 8.42. The minimum atomic E-state index is -0.591. The van der Waals surface area contributed by atoms with Crippen molar-refractivity contribution in [2.24, 2.45) is 5.73 Å². The summed E-state index contributed by atoms with van der Waals surface area (Å²) in [6.07, 6.45) is 1.61. The van der Waals surface area contributed by atoms with E-state index in [0.717, 1.165) is 18.4 Å². The van der Waals surface area contributed by atoms with Crippen molar-refractivity contribution in [3.05, 3.63) is 35.4 Å². The molecular weight excluding hydrogens is 260 g/mol. The van der Waals surface area contributed by atoms with Crippen LogP contribution in [0.2, 0.25) is 0 Å². The zero-order chi connectivity index (χ0) is 13.3. The van der Waals surface area contributed by atoms with E-state index in [9.17, 15) is 4.79 Å². The van der Waals surface area contributed by atoms with Gasteiger partial charge < -0.3 is 11.1 Å². The monoisotopic (exact) mass is 282 g/mol. The summed E-state index contributed by atoms with van der Waals surface area (Å²) in [4.78, 5) is 11.8. The summed E-state index contributed by atoms with van der Waals surface area (Å²) in [6, 6.07) is 8.42. The number of halogens is 1. The Labute approximate surface area is 121 Å². The maximum atomic E-state index is 11.8. The molecule has 3 N–H and O–H groups in total. The van der Waals surface area contributed by atoms with Gasteiger partial charge in [-0.05, 0) is 36.8 Å². The molecule has 3 nitrogen and oxygen atoms in total. The van der Waals surface area contributed by atoms with Crippen molar-refractivity contribution in [2.45, 2.75) is 51.1 Å². The second-order valence-electron chi connectivity index (χ2n) is 5.67. The summed E-state index contributed by atoms with van der Waals surface area (Å²) in [7, 11) is 0. The van der Waals surface area contributed by atoms with E-state index in [-0.39, 0.29) is 24.4 Å². The lowest BCUT2D eigenvalue weighted by atomic mass is 9.99. The molecule has 0 saturated heterocycles. The molecule has 4 heteroatoms. The van der Waals surface area contributed by atoms with Crippen LogP contribution in [0.15, 0.2) is 24.3 Å². The Kier molecular flexibility index (Phi) is 4.99. The minimum absolute atomic E-state index is 0. The zero-order valence-electron chi connectivity index (χ0n) is 11.8. The van der Waals surface area contributed by atoms with Crippen LogP contribution >= 0.6 is 12.4 Å². The lowest BCUT2D eigenvalue weighted by molar-refractivity contribution is -0.123. The third-order valence-corrected chi connectivity index (χ3v) is 3.69. The molecule has 1 fully saturated rings. The molecule has 0 spiro atoms. The Hall–Kier alpha value is -1.06. The van der Waals surface area contributed by atoms with Gasteiger partial charge in [-0.15, -0.1) is 12.4 Å². The average molecular weight is 283 g/mol. The Bertz CT molecular complexity index is 438. The highest BCUT2D eigenvalue weighted by Crippen LogP contribution is 2.33. The van der Waals surface area contributed by atoms with Crippen LogP contribution < -0.4 is 11.1 Å². The van der Waals surface area contributed by atoms with Crippen molar-refractivity contribution in [1.82, 2.24) is 5.32 Å². The molecule has 1 aromatic rings. The van der Waals surface area contributed by atoms with Gasteiger partial charge in [-0.3, -0.25) is 4.79 Å². The predicted octanol–water partition coefficient (Wildman–Crippen LogP) is 2.90. The van der Waals surface area contributed by atoms with E-state index < -0.39 is 5.54 Å². The first kappa shape index (κ1) is 16.0. The molecule has 0 bridgehead atoms. The Morgan fingerprint density at radius 2 is 1.63 bits per heavy atom. The van der Waals surface area contributed by atoms with Crippen LogP contribution in [0.3, 0.4) is 0 Å². The van der Waals surface area contributed by atoms with Gasteiger partial charge in [-0.1, -0.05) is 38.1 Å². The van der Waals surface area contributed by atoms with Gasteiger partial charge in [-0.25, -0.2) is 0 Å². The van der Waals surface area contributed by atoms with E-state index in [1.807, 2.05) is 6.92 Å². The zero-order valence-corrected chi connectivity index (χ0v) is 12.6. The number of carbonyl (C=O) groups excluding carboxylic acids is 1. The van der Waals surface area contributed by atoms with Crippen molar-refractivity contribution in [3.8, 4) is 0 Å². The molecule has 0 heterocycles. The molecule has 1 amide bonds. The molecule has 0 aromatic heterocycles. The van der Waals surface area contributed by atoms with Gasteiger partial charge in [-0.2, -0.15) is 0 Å². The molecule has 19 heavy (non-hydrogen) atoms. The number of amides is 1. The van der Waals surface area contributed by atoms with E-state index in [0.29, 0.717) is 5.92 Å². The van der Waals surface area contributed by atoms with Crippen molar-refractivity contribution in [2.75, 3.05) is 0 Å². The number of hydrogen-bond donors (Lipinski definition) is 2. The van der Waals surface area contributed by atoms with Crippen LogP contribution in [0.25, 0.3) is 0 Å². The highest BCUT2D eigenvalue weighted by molar-refractivity contribution is 5.89. The Balaban J connectivity index is 0.00000180. The minimum Gasteiger partial charge on any atom is -0.348 e. The number of benzene rings is 1. The fraction of sp³-hybridized carbons (Fsp3) is 0.533. The predicted molar refractivity (Wildman–Crippen MR) is 80.5 cm³/mol. The molecule has 1 aliphatic rings. The number of hydrogen-bond acceptors (Lipinski definition) is 2. The van der Waals surface area contributed by atoms with Gasteiger partial charge in [0, 0.05) is 0 Å². The first-order valence-corrected chi connectivity index (χ1v) is 6.62. The van der Waals surface area contributed by atoms with E-state index in [4.69, 9.17) is 5.73 Å². The molecule has 1 atom stereocenters. The van der Waals surface area contributed by atoms with Gasteiger partial charge in [0.1, 0.15) is 0 Å². The quantitative estimate of drug-likeness (QED) is 0.892. The Morgan fingerprint density at radius 1 is 1.16 bits per heavy atom. The molecule has 2 rings (SSSR count). The fourth-order valence-corrected chi connectivity index (χ4v) is 1.96. The second kappa shape index (κ2) is 5.93. The van der Waals surface area contributed by atoms with Crippen LogP contribution in [0.4, 0.5) is 0 Å². The van der Waals surface area contributed by atoms with Crippen LogP contribution in [0.5, 0.6) is 0 Å². The normalized spacial score (nSPS) is 17.5. The number of carbonyl (C=O) groups is 1. The third kappa shape index (κ3) is 3.71. The van der Waals surface area contributed by atoms with E-state index in [2.05, 4.69) is 43.4 Å². The lowest BCUT2D eigenvalue weighted by Crippen LogP contribution is -2.43. The molecule has 106 valence electrons. The van der Waals surface area contributed by atoms with Crippen molar-refractivity contribution < 1.29 is 4.79 Å². The molecule has 1 saturated carbocycles. The third-order valence-electron chi connectivity index (χ3n) is 3.69. The Morgan fingerprint density at radius 3 is 2.05 bits per heavy atom. The van der Waals surface area contributed by atoms with Gasteiger partial charge in [0.2, 0.25) is 5.91 Å². The van der Waals surface area contributed by atoms with E-state index in [1.54, 1.807) is 0 Å². The molecule has 0 aliphatic heterocycles. The first-order valence-electron chi connectivity index (χ1n) is 6.62. The summed E-state index contributed by atoms with van der Waals surface area (Å²) in [5.41, 5.74) is 7.71. The van der Waals surface area contributed by atoms with Crippen LogP contribution in [-0.2, 0) is 4.79 Å². The van der Waals surface area contributed by atoms with Crippen molar-refractivity contribution in [1.29, 1.82) is 0 Å². The van der Waals surface area contributed by atoms with Gasteiger partial charge >= 0.3 is 0 Å². The van der Waals surface area contributed by atoms with Crippen LogP contribution in [0, 0.1) is 0 Å². The summed E-state index contributed by atoms with van der Waals surface area (Å²) in [6.45, 7) is 6.34. The average Bonchev–Trinajstić information content (AvgIpc) is 3.08. The standard InChI is InChI=1S/C15H22N2O.ClH/c1-10(2)12-4-6-13(7-5-12)11(3)17-14(18)15(16)8-9-15;/h4-7,10-11H,8-9,16H2,1-3H3,(H,17,18);1H. The molecular formula is C15H23ClN2O. The summed E-state index contributed by atoms with van der Waals surface area (Å²) in [5.74, 6) is 0.505. The maximum absolute atomic E-state index is 11.8. The molecule has 1 aliphatic carbocycles. The van der Waals surface area contributed by atoms with Gasteiger partial charge in [0.25, 0.3) is 0 Å². The van der Waals surface area contributed by atoms with E-state index in [1.165, 1.54) is 5.56 Å². The summed E-state index contributed by atoms with van der Waals surface area (Å²) >= 11 is 0. The van der Waals surface area contributed by atoms with Crippen molar-refractivity contribution in [3.63, 3.8) is 0 Å². The highest BCUT2D eigenvalue weighted by Gasteiger charge is 2.46. The number of rotatable bonds is 4. The molecule has 1 unspecified atom stereocenters. The molecule has 0 radical (unpaired) electrons. The maximum Gasteiger partial charge on any atom is 0.240 e. The summed E-state index contributed by atoms with van der Waals surface area (Å²) in [5, 5.41) is 2.98. The topological polar surface area (TPSA) is 55.1 Å². The van der Waals surface area contributed by atoms with Crippen molar-refractivity contribution >= 4 is 18.3 Å². The SMILES string of the molecule is CC(C)c1ccc(C(C)NC(=O)C2(N)CC2)cc1.Cl. The highest BCUT2D eigenvalue weighted by atomic mass is 35.5. The smallest absolute Gasteiger partial charge is 0.240 e. The van der Waals surface area contributed by atoms with Crippen LogP contribution in [0.1, 0.15) is 56.7 Å². The van der Waals surface area contributed by atoms with Gasteiger partial charge in [0.05, 0.1) is 11.6 Å². The summed E-state index contributed by atoms with van der Waals surface area (Å²) < 4.78 is 0. The van der Waals surface area contributed by atoms with Crippen LogP contribution in [-0.4, -0.2) is 11.4 Å². The largest absolute Gasteiger partial charge is 0.348 e. The number of nitrogens with one attached hydrogen (secondary N) is 1.